The number of aliphatic carboxylic acids is 1. The third-order valence-corrected chi connectivity index (χ3v) is 3.91. The number of carboxylic acids is 1. The van der Waals surface area contributed by atoms with E-state index in [1.165, 1.54) is 0 Å². The summed E-state index contributed by atoms with van der Waals surface area (Å²) in [5.41, 5.74) is 4.99. The van der Waals surface area contributed by atoms with Crippen LogP contribution in [0.25, 0.3) is 0 Å². The summed E-state index contributed by atoms with van der Waals surface area (Å²) < 4.78 is 0. The molecule has 0 aliphatic heterocycles. The lowest BCUT2D eigenvalue weighted by atomic mass is 9.92. The molecule has 0 aromatic carbocycles. The van der Waals surface area contributed by atoms with Crippen molar-refractivity contribution in [3.05, 3.63) is 12.2 Å². The van der Waals surface area contributed by atoms with Crippen LogP contribution in [0.2, 0.25) is 0 Å². The van der Waals surface area contributed by atoms with Gasteiger partial charge in [0.1, 0.15) is 6.04 Å². The fourth-order valence-electron chi connectivity index (χ4n) is 2.90. The van der Waals surface area contributed by atoms with Crippen LogP contribution in [0.1, 0.15) is 25.7 Å². The number of carbonyl (C=O) groups is 3. The Morgan fingerprint density at radius 2 is 2.05 bits per heavy atom. The molecule has 2 aliphatic carbocycles. The molecule has 0 heterocycles. The number of fused-ring (bicyclic) bond motifs is 2. The van der Waals surface area contributed by atoms with E-state index in [9.17, 15) is 14.4 Å². The molecule has 0 aromatic heterocycles. The molecule has 19 heavy (non-hydrogen) atoms. The van der Waals surface area contributed by atoms with Crippen molar-refractivity contribution in [1.29, 1.82) is 0 Å². The Morgan fingerprint density at radius 3 is 2.53 bits per heavy atom. The molecule has 2 rings (SSSR count). The number of amides is 2. The van der Waals surface area contributed by atoms with Crippen LogP contribution in [0.15, 0.2) is 12.2 Å². The summed E-state index contributed by atoms with van der Waals surface area (Å²) in [5.74, 6) is -1.37. The van der Waals surface area contributed by atoms with Gasteiger partial charge in [0.25, 0.3) is 0 Å². The lowest BCUT2D eigenvalue weighted by Crippen LogP contribution is -2.44. The van der Waals surface area contributed by atoms with E-state index >= 15 is 0 Å². The van der Waals surface area contributed by atoms with Crippen molar-refractivity contribution in [2.45, 2.75) is 31.7 Å². The average molecular weight is 266 g/mol. The first kappa shape index (κ1) is 13.6. The maximum atomic E-state index is 12.1. The van der Waals surface area contributed by atoms with Crippen molar-refractivity contribution in [3.63, 3.8) is 0 Å². The monoisotopic (exact) mass is 266 g/mol. The Morgan fingerprint density at radius 1 is 1.32 bits per heavy atom. The van der Waals surface area contributed by atoms with Crippen molar-refractivity contribution in [2.24, 2.45) is 23.5 Å². The number of hydrogen-bond donors (Lipinski definition) is 3. The topological polar surface area (TPSA) is 109 Å². The number of primary amides is 1. The molecule has 4 atom stereocenters. The zero-order valence-corrected chi connectivity index (χ0v) is 10.5. The molecule has 0 radical (unpaired) electrons. The molecule has 0 spiro atoms. The Balaban J connectivity index is 1.90. The summed E-state index contributed by atoms with van der Waals surface area (Å²) in [5, 5.41) is 11.5. The summed E-state index contributed by atoms with van der Waals surface area (Å²) in [6.45, 7) is 0. The lowest BCUT2D eigenvalue weighted by molar-refractivity contribution is -0.143. The summed E-state index contributed by atoms with van der Waals surface area (Å²) in [7, 11) is 0. The highest BCUT2D eigenvalue weighted by atomic mass is 16.4. The summed E-state index contributed by atoms with van der Waals surface area (Å²) in [6.07, 6.45) is 5.92. The van der Waals surface area contributed by atoms with Crippen molar-refractivity contribution in [1.82, 2.24) is 5.32 Å². The third kappa shape index (κ3) is 3.13. The fraction of sp³-hybridized carbons (Fsp3) is 0.615. The minimum atomic E-state index is -1.13. The average Bonchev–Trinajstić information content (AvgIpc) is 2.95. The van der Waals surface area contributed by atoms with Gasteiger partial charge in [-0.2, -0.15) is 0 Å². The number of carbonyl (C=O) groups excluding carboxylic acids is 2. The normalized spacial score (nSPS) is 29.2. The van der Waals surface area contributed by atoms with Crippen LogP contribution >= 0.6 is 0 Å². The molecule has 6 nitrogen and oxygen atoms in total. The molecule has 104 valence electrons. The van der Waals surface area contributed by atoms with Crippen molar-refractivity contribution >= 4 is 17.8 Å². The number of nitrogens with two attached hydrogens (primary N) is 1. The molecule has 6 heteroatoms. The van der Waals surface area contributed by atoms with Gasteiger partial charge in [0.15, 0.2) is 0 Å². The van der Waals surface area contributed by atoms with Crippen molar-refractivity contribution < 1.29 is 19.5 Å². The van der Waals surface area contributed by atoms with Gasteiger partial charge in [-0.25, -0.2) is 4.79 Å². The van der Waals surface area contributed by atoms with E-state index in [-0.39, 0.29) is 30.6 Å². The molecular weight excluding hydrogens is 248 g/mol. The Hall–Kier alpha value is -1.85. The van der Waals surface area contributed by atoms with E-state index in [1.54, 1.807) is 0 Å². The maximum absolute atomic E-state index is 12.1. The Labute approximate surface area is 111 Å². The standard InChI is InChI=1S/C13H18N2O4/c14-11(16)4-3-10(13(18)19)15-12(17)9-6-7-1-2-8(9)5-7/h1-2,7-10H,3-6H2,(H2,14,16)(H,15,17)(H,18,19)/t7?,8?,9?,10-/m1/s1. The van der Waals surface area contributed by atoms with Gasteiger partial charge in [0.05, 0.1) is 0 Å². The smallest absolute Gasteiger partial charge is 0.326 e. The molecule has 0 saturated heterocycles. The fourth-order valence-corrected chi connectivity index (χ4v) is 2.90. The zero-order valence-electron chi connectivity index (χ0n) is 10.5. The highest BCUT2D eigenvalue weighted by molar-refractivity contribution is 5.86. The van der Waals surface area contributed by atoms with Crippen LogP contribution in [0.5, 0.6) is 0 Å². The van der Waals surface area contributed by atoms with Crippen molar-refractivity contribution in [2.75, 3.05) is 0 Å². The molecular formula is C13H18N2O4. The molecule has 0 aromatic rings. The predicted octanol–water partition coefficient (Wildman–Crippen LogP) is 0.0335. The lowest BCUT2D eigenvalue weighted by Gasteiger charge is -2.20. The van der Waals surface area contributed by atoms with E-state index in [0.717, 1.165) is 12.8 Å². The van der Waals surface area contributed by atoms with Crippen LogP contribution in [-0.2, 0) is 14.4 Å². The second-order valence-corrected chi connectivity index (χ2v) is 5.29. The minimum Gasteiger partial charge on any atom is -0.480 e. The largest absolute Gasteiger partial charge is 0.480 e. The van der Waals surface area contributed by atoms with Crippen LogP contribution in [0.4, 0.5) is 0 Å². The third-order valence-electron chi connectivity index (χ3n) is 3.91. The second-order valence-electron chi connectivity index (χ2n) is 5.29. The first-order chi connectivity index (χ1) is 8.97. The van der Waals surface area contributed by atoms with Gasteiger partial charge in [-0.05, 0) is 31.1 Å². The second kappa shape index (κ2) is 5.42. The van der Waals surface area contributed by atoms with E-state index in [4.69, 9.17) is 10.8 Å². The Bertz CT molecular complexity index is 432. The van der Waals surface area contributed by atoms with Crippen molar-refractivity contribution in [3.8, 4) is 0 Å². The van der Waals surface area contributed by atoms with Crippen LogP contribution in [0, 0.1) is 17.8 Å². The van der Waals surface area contributed by atoms with Gasteiger partial charge in [0.2, 0.25) is 11.8 Å². The number of rotatable bonds is 6. The van der Waals surface area contributed by atoms with Crippen LogP contribution < -0.4 is 11.1 Å². The molecule has 3 unspecified atom stereocenters. The predicted molar refractivity (Wildman–Crippen MR) is 66.8 cm³/mol. The van der Waals surface area contributed by atoms with E-state index < -0.39 is 17.9 Å². The number of carboxylic acid groups (broad SMARTS) is 1. The number of hydrogen-bond acceptors (Lipinski definition) is 3. The summed E-state index contributed by atoms with van der Waals surface area (Å²) in [4.78, 5) is 33.8. The van der Waals surface area contributed by atoms with Gasteiger partial charge in [-0.15, -0.1) is 0 Å². The van der Waals surface area contributed by atoms with Gasteiger partial charge >= 0.3 is 5.97 Å². The molecule has 1 saturated carbocycles. The van der Waals surface area contributed by atoms with E-state index in [2.05, 4.69) is 11.4 Å². The van der Waals surface area contributed by atoms with Gasteiger partial charge < -0.3 is 16.2 Å². The van der Waals surface area contributed by atoms with Crippen LogP contribution in [0.3, 0.4) is 0 Å². The molecule has 4 N–H and O–H groups in total. The SMILES string of the molecule is NC(=O)CC[C@@H](NC(=O)C1CC2C=CC1C2)C(=O)O. The highest BCUT2D eigenvalue weighted by Gasteiger charge is 2.40. The van der Waals surface area contributed by atoms with Gasteiger partial charge in [0, 0.05) is 12.3 Å². The summed E-state index contributed by atoms with van der Waals surface area (Å²) in [6, 6.07) is -1.04. The number of nitrogens with one attached hydrogen (secondary N) is 1. The maximum Gasteiger partial charge on any atom is 0.326 e. The molecule has 2 amide bonds. The minimum absolute atomic E-state index is 0.0348. The highest BCUT2D eigenvalue weighted by Crippen LogP contribution is 2.43. The first-order valence-electron chi connectivity index (χ1n) is 6.47. The van der Waals surface area contributed by atoms with E-state index in [1.807, 2.05) is 6.08 Å². The quantitative estimate of drug-likeness (QED) is 0.589. The molecule has 2 bridgehead atoms. The van der Waals surface area contributed by atoms with E-state index in [0.29, 0.717) is 5.92 Å². The van der Waals surface area contributed by atoms with Gasteiger partial charge in [-0.3, -0.25) is 9.59 Å². The first-order valence-corrected chi connectivity index (χ1v) is 6.47. The van der Waals surface area contributed by atoms with Crippen LogP contribution in [-0.4, -0.2) is 28.9 Å². The van der Waals surface area contributed by atoms with Gasteiger partial charge in [-0.1, -0.05) is 12.2 Å². The number of allylic oxidation sites excluding steroid dienone is 2. The summed E-state index contributed by atoms with van der Waals surface area (Å²) >= 11 is 0. The molecule has 2 aliphatic rings. The Kier molecular flexibility index (Phi) is 3.87. The zero-order chi connectivity index (χ0) is 14.0. The molecule has 1 fully saturated rings.